The van der Waals surface area contributed by atoms with Crippen molar-refractivity contribution in [2.75, 3.05) is 51.9 Å². The largest absolute Gasteiger partial charge is 0.383 e. The van der Waals surface area contributed by atoms with Gasteiger partial charge in [0.15, 0.2) is 0 Å². The standard InChI is InChI=1S/C21H26ClFN6O2/c1-30-5-3-24-20-15(7-25-21-19(20)16(22)8-26-21)13-6-27-29(9-13)18-2-4-28(10-17(18)23)14-11-31-12-14/h6-9,14,17-18H,2-5,10-12H2,1H3,(H2,24,25,26)/t17-,18-/m0/s1. The molecular weight excluding hydrogens is 423 g/mol. The van der Waals surface area contributed by atoms with E-state index in [9.17, 15) is 0 Å². The second kappa shape index (κ2) is 8.74. The van der Waals surface area contributed by atoms with Crippen LogP contribution in [0.3, 0.4) is 0 Å². The minimum Gasteiger partial charge on any atom is -0.383 e. The van der Waals surface area contributed by atoms with Crippen LogP contribution >= 0.6 is 11.6 Å². The van der Waals surface area contributed by atoms with E-state index in [-0.39, 0.29) is 6.04 Å². The second-order valence-electron chi connectivity index (χ2n) is 8.09. The number of nitrogens with zero attached hydrogens (tertiary/aromatic N) is 4. The predicted octanol–water partition coefficient (Wildman–Crippen LogP) is 3.12. The molecule has 8 nitrogen and oxygen atoms in total. The lowest BCUT2D eigenvalue weighted by Crippen LogP contribution is -2.55. The summed E-state index contributed by atoms with van der Waals surface area (Å²) >= 11 is 6.43. The van der Waals surface area contributed by atoms with E-state index in [4.69, 9.17) is 21.1 Å². The summed E-state index contributed by atoms with van der Waals surface area (Å²) in [6, 6.07) is 0.0837. The fraction of sp³-hybridized carbons (Fsp3) is 0.524. The van der Waals surface area contributed by atoms with Gasteiger partial charge in [-0.1, -0.05) is 11.6 Å². The summed E-state index contributed by atoms with van der Waals surface area (Å²) in [7, 11) is 1.66. The summed E-state index contributed by atoms with van der Waals surface area (Å²) in [6.07, 6.45) is 6.94. The van der Waals surface area contributed by atoms with E-state index in [2.05, 4.69) is 25.3 Å². The summed E-state index contributed by atoms with van der Waals surface area (Å²) < 4.78 is 27.2. The molecule has 2 aliphatic heterocycles. The highest BCUT2D eigenvalue weighted by Gasteiger charge is 2.36. The Hall–Kier alpha value is -2.20. The Morgan fingerprint density at radius 1 is 1.39 bits per heavy atom. The van der Waals surface area contributed by atoms with Gasteiger partial charge in [0.05, 0.1) is 54.2 Å². The topological polar surface area (TPSA) is 80.2 Å². The van der Waals surface area contributed by atoms with Crippen molar-refractivity contribution in [3.8, 4) is 11.1 Å². The lowest BCUT2D eigenvalue weighted by molar-refractivity contribution is -0.0847. The fourth-order valence-electron chi connectivity index (χ4n) is 4.38. The molecule has 0 bridgehead atoms. The smallest absolute Gasteiger partial charge is 0.140 e. The normalized spacial score (nSPS) is 22.7. The number of nitrogens with one attached hydrogen (secondary N) is 2. The number of aromatic amines is 1. The van der Waals surface area contributed by atoms with Crippen molar-refractivity contribution in [3.63, 3.8) is 0 Å². The number of methoxy groups -OCH3 is 1. The molecule has 2 fully saturated rings. The number of likely N-dealkylation sites (tertiary alicyclic amines) is 1. The number of H-pyrrole nitrogens is 1. The number of anilines is 1. The van der Waals surface area contributed by atoms with E-state index in [1.165, 1.54) is 0 Å². The number of ether oxygens (including phenoxy) is 2. The number of hydrogen-bond donors (Lipinski definition) is 2. The number of aromatic nitrogens is 4. The number of fused-ring (bicyclic) bond motifs is 1. The summed E-state index contributed by atoms with van der Waals surface area (Å²) in [4.78, 5) is 9.79. The van der Waals surface area contributed by atoms with Gasteiger partial charge in [-0.15, -0.1) is 0 Å². The lowest BCUT2D eigenvalue weighted by Gasteiger charge is -2.42. The Morgan fingerprint density at radius 3 is 3.00 bits per heavy atom. The molecule has 10 heteroatoms. The molecule has 0 aromatic carbocycles. The second-order valence-corrected chi connectivity index (χ2v) is 8.50. The van der Waals surface area contributed by atoms with Crippen LogP contribution in [0.15, 0.2) is 24.8 Å². The highest BCUT2D eigenvalue weighted by atomic mass is 35.5. The third-order valence-corrected chi connectivity index (χ3v) is 6.49. The molecule has 5 rings (SSSR count). The van der Waals surface area contributed by atoms with Crippen LogP contribution in [0, 0.1) is 0 Å². The van der Waals surface area contributed by atoms with Gasteiger partial charge >= 0.3 is 0 Å². The maximum Gasteiger partial charge on any atom is 0.140 e. The van der Waals surface area contributed by atoms with E-state index in [0.717, 1.165) is 35.2 Å². The molecule has 166 valence electrons. The van der Waals surface area contributed by atoms with E-state index in [1.54, 1.807) is 30.4 Å². The third-order valence-electron chi connectivity index (χ3n) is 6.19. The number of hydrogen-bond acceptors (Lipinski definition) is 6. The van der Waals surface area contributed by atoms with Gasteiger partial charge in [-0.05, 0) is 6.42 Å². The fourth-order valence-corrected chi connectivity index (χ4v) is 4.61. The van der Waals surface area contributed by atoms with Crippen LogP contribution in [0.4, 0.5) is 10.1 Å². The van der Waals surface area contributed by atoms with Crippen molar-refractivity contribution in [1.29, 1.82) is 0 Å². The molecule has 0 saturated carbocycles. The van der Waals surface area contributed by atoms with Gasteiger partial charge in [0.1, 0.15) is 11.8 Å². The Morgan fingerprint density at radius 2 is 2.26 bits per heavy atom. The Bertz CT molecular complexity index is 1050. The van der Waals surface area contributed by atoms with Crippen LogP contribution in [0.1, 0.15) is 12.5 Å². The van der Waals surface area contributed by atoms with Crippen LogP contribution < -0.4 is 5.32 Å². The van der Waals surface area contributed by atoms with Crippen molar-refractivity contribution in [2.45, 2.75) is 24.7 Å². The molecule has 2 aliphatic rings. The average Bonchev–Trinajstić information content (AvgIpc) is 3.34. The molecule has 0 unspecified atom stereocenters. The first-order valence-electron chi connectivity index (χ1n) is 10.5. The van der Waals surface area contributed by atoms with Gasteiger partial charge in [0, 0.05) is 56.5 Å². The first-order valence-corrected chi connectivity index (χ1v) is 10.9. The van der Waals surface area contributed by atoms with Crippen LogP contribution in [-0.4, -0.2) is 83.4 Å². The molecule has 5 heterocycles. The molecule has 0 spiro atoms. The molecule has 2 saturated heterocycles. The van der Waals surface area contributed by atoms with Crippen molar-refractivity contribution < 1.29 is 13.9 Å². The quantitative estimate of drug-likeness (QED) is 0.540. The number of halogens is 2. The van der Waals surface area contributed by atoms with Gasteiger partial charge in [0.25, 0.3) is 0 Å². The maximum absolute atomic E-state index is 15.0. The number of rotatable bonds is 7. The molecule has 0 radical (unpaired) electrons. The zero-order valence-electron chi connectivity index (χ0n) is 17.4. The minimum atomic E-state index is -0.971. The van der Waals surface area contributed by atoms with Crippen LogP contribution in [0.5, 0.6) is 0 Å². The molecule has 2 N–H and O–H groups in total. The maximum atomic E-state index is 15.0. The molecular formula is C21H26ClFN6O2. The van der Waals surface area contributed by atoms with Gasteiger partial charge in [-0.3, -0.25) is 9.58 Å². The lowest BCUT2D eigenvalue weighted by atomic mass is 10.0. The van der Waals surface area contributed by atoms with E-state index >= 15 is 4.39 Å². The Labute approximate surface area is 184 Å². The van der Waals surface area contributed by atoms with Crippen molar-refractivity contribution >= 4 is 28.3 Å². The summed E-state index contributed by atoms with van der Waals surface area (Å²) in [5, 5.41) is 9.34. The van der Waals surface area contributed by atoms with Crippen molar-refractivity contribution in [2.24, 2.45) is 0 Å². The molecule has 3 aromatic heterocycles. The Kier molecular flexibility index (Phi) is 5.83. The molecule has 3 aromatic rings. The average molecular weight is 449 g/mol. The minimum absolute atomic E-state index is 0.275. The molecule has 2 atom stereocenters. The number of piperidine rings is 1. The van der Waals surface area contributed by atoms with Gasteiger partial charge in [-0.25, -0.2) is 9.37 Å². The predicted molar refractivity (Wildman–Crippen MR) is 117 cm³/mol. The monoisotopic (exact) mass is 448 g/mol. The van der Waals surface area contributed by atoms with Gasteiger partial charge < -0.3 is 19.8 Å². The van der Waals surface area contributed by atoms with E-state index < -0.39 is 6.17 Å². The summed E-state index contributed by atoms with van der Waals surface area (Å²) in [5.41, 5.74) is 3.31. The number of pyridine rings is 1. The zero-order chi connectivity index (χ0) is 21.4. The van der Waals surface area contributed by atoms with E-state index in [0.29, 0.717) is 49.6 Å². The first-order chi connectivity index (χ1) is 15.2. The van der Waals surface area contributed by atoms with E-state index in [1.807, 2.05) is 6.20 Å². The highest BCUT2D eigenvalue weighted by Crippen LogP contribution is 2.38. The van der Waals surface area contributed by atoms with Crippen LogP contribution in [0.25, 0.3) is 22.2 Å². The van der Waals surface area contributed by atoms with Crippen LogP contribution in [0.2, 0.25) is 5.02 Å². The van der Waals surface area contributed by atoms with Crippen molar-refractivity contribution in [1.82, 2.24) is 24.6 Å². The zero-order valence-corrected chi connectivity index (χ0v) is 18.1. The van der Waals surface area contributed by atoms with Gasteiger partial charge in [0.2, 0.25) is 0 Å². The molecule has 0 aliphatic carbocycles. The first kappa shape index (κ1) is 20.7. The van der Waals surface area contributed by atoms with Crippen molar-refractivity contribution in [3.05, 3.63) is 29.8 Å². The van der Waals surface area contributed by atoms with Crippen LogP contribution in [-0.2, 0) is 9.47 Å². The summed E-state index contributed by atoms with van der Waals surface area (Å²) in [5.74, 6) is 0. The molecule has 31 heavy (non-hydrogen) atoms. The SMILES string of the molecule is COCCNc1c(-c2cnn([C@H]3CCN(C4COC4)C[C@@H]3F)c2)cnc2[nH]cc(Cl)c12. The Balaban J connectivity index is 1.41. The summed E-state index contributed by atoms with van der Waals surface area (Å²) in [6.45, 7) is 3.86. The van der Waals surface area contributed by atoms with Gasteiger partial charge in [-0.2, -0.15) is 5.10 Å². The molecule has 0 amide bonds. The third kappa shape index (κ3) is 3.91. The number of alkyl halides is 1. The highest BCUT2D eigenvalue weighted by molar-refractivity contribution is 6.36.